The zero-order chi connectivity index (χ0) is 68.6. The maximum atomic E-state index is 10.4. The standard InChI is InChI=1S/C88H78N8O2/c1-3-5-7-9-11-13-15-17-19-25-45-97-71-40-38-66-48-64(34-33-63-37-43-78-81(50-63)87(70(59-95)60-96)76-30-24-22-28-74(76)85(78)68(55-91)56-92)51-82(79(66)52-71)88-72-41-35-61(47-65(72)39-44-83(88)98-46-26-20-18-16-14-12-10-8-6-4-2)31-32-62-36-42-77-80(49-62)86(69(57-93)58-94)75-29-23-21-27-73(75)84(77)67(53-89)54-90/h21-24,27-44,47-52H,3-20,25-26,45-46H2,1-2H3/b32-31+,34-33+. The molecule has 10 nitrogen and oxygen atoms in total. The second kappa shape index (κ2) is 34.6. The molecule has 0 saturated heterocycles. The summed E-state index contributed by atoms with van der Waals surface area (Å²) in [4.78, 5) is 0. The van der Waals surface area contributed by atoms with Gasteiger partial charge in [0.25, 0.3) is 0 Å². The molecule has 0 aliphatic heterocycles. The largest absolute Gasteiger partial charge is 0.494 e. The first-order valence-corrected chi connectivity index (χ1v) is 34.7. The fourth-order valence-corrected chi connectivity index (χ4v) is 13.7. The van der Waals surface area contributed by atoms with Gasteiger partial charge >= 0.3 is 0 Å². The van der Waals surface area contributed by atoms with Crippen LogP contribution in [0.25, 0.3) is 122 Å². The first-order chi connectivity index (χ1) is 48.2. The van der Waals surface area contributed by atoms with E-state index < -0.39 is 0 Å². The lowest BCUT2D eigenvalue weighted by molar-refractivity contribution is 0.304. The van der Waals surface area contributed by atoms with Crippen molar-refractivity contribution in [3.63, 3.8) is 0 Å². The quantitative estimate of drug-likeness (QED) is 0.0246. The number of nitriles is 8. The average Bonchev–Trinajstić information content (AvgIpc) is 0.759. The average molecular weight is 1280 g/mol. The van der Waals surface area contributed by atoms with Gasteiger partial charge in [-0.3, -0.25) is 0 Å². The minimum Gasteiger partial charge on any atom is -0.494 e. The minimum absolute atomic E-state index is 0.0643. The zero-order valence-electron chi connectivity index (χ0n) is 56.1. The number of ether oxygens (including phenoxy) is 2. The Kier molecular flexibility index (Phi) is 24.4. The number of hydrogen-bond donors (Lipinski definition) is 0. The molecule has 0 unspecified atom stereocenters. The molecule has 10 aromatic carbocycles. The summed E-state index contributed by atoms with van der Waals surface area (Å²) in [6.45, 7) is 5.66. The molecule has 0 amide bonds. The summed E-state index contributed by atoms with van der Waals surface area (Å²) in [7, 11) is 0. The van der Waals surface area contributed by atoms with Gasteiger partial charge < -0.3 is 9.47 Å². The molecule has 0 heterocycles. The van der Waals surface area contributed by atoms with Crippen molar-refractivity contribution in [2.24, 2.45) is 0 Å². The second-order valence-corrected chi connectivity index (χ2v) is 25.2. The first-order valence-electron chi connectivity index (χ1n) is 34.7. The van der Waals surface area contributed by atoms with Crippen molar-refractivity contribution < 1.29 is 9.47 Å². The number of benzene rings is 10. The summed E-state index contributed by atoms with van der Waals surface area (Å²) in [6, 6.07) is 64.0. The van der Waals surface area contributed by atoms with Crippen LogP contribution in [0.2, 0.25) is 0 Å². The molecule has 0 N–H and O–H groups in total. The highest BCUT2D eigenvalue weighted by Crippen LogP contribution is 2.43. The lowest BCUT2D eigenvalue weighted by atomic mass is 9.90. The van der Waals surface area contributed by atoms with E-state index in [2.05, 4.69) is 129 Å². The fourth-order valence-electron chi connectivity index (χ4n) is 13.7. The van der Waals surface area contributed by atoms with Crippen molar-refractivity contribution in [1.82, 2.24) is 0 Å². The van der Waals surface area contributed by atoms with Gasteiger partial charge in [-0.05, 0) is 154 Å². The highest BCUT2D eigenvalue weighted by molar-refractivity contribution is 6.11. The summed E-state index contributed by atoms with van der Waals surface area (Å²) < 4.78 is 13.6. The van der Waals surface area contributed by atoms with Crippen molar-refractivity contribution in [3.8, 4) is 71.2 Å². The zero-order valence-corrected chi connectivity index (χ0v) is 56.1. The van der Waals surface area contributed by atoms with Crippen LogP contribution >= 0.6 is 0 Å². The van der Waals surface area contributed by atoms with E-state index in [0.717, 1.165) is 98.5 Å². The van der Waals surface area contributed by atoms with Crippen molar-refractivity contribution in [3.05, 3.63) is 189 Å². The van der Waals surface area contributed by atoms with E-state index in [0.29, 0.717) is 77.2 Å². The second-order valence-electron chi connectivity index (χ2n) is 25.2. The third-order valence-electron chi connectivity index (χ3n) is 18.7. The molecule has 0 fully saturated rings. The number of unbranched alkanes of at least 4 members (excludes halogenated alkanes) is 18. The van der Waals surface area contributed by atoms with Crippen molar-refractivity contribution in [1.29, 1.82) is 42.1 Å². The maximum Gasteiger partial charge on any atom is 0.138 e. The highest BCUT2D eigenvalue weighted by atomic mass is 16.5. The topological polar surface area (TPSA) is 209 Å². The number of fused-ring (bicyclic) bond motifs is 6. The Morgan fingerprint density at radius 2 is 0.633 bits per heavy atom. The van der Waals surface area contributed by atoms with Gasteiger partial charge in [-0.15, -0.1) is 0 Å². The van der Waals surface area contributed by atoms with E-state index in [-0.39, 0.29) is 22.3 Å². The third kappa shape index (κ3) is 16.0. The van der Waals surface area contributed by atoms with Gasteiger partial charge in [-0.1, -0.05) is 251 Å². The molecule has 0 radical (unpaired) electrons. The van der Waals surface area contributed by atoms with Gasteiger partial charge in [-0.25, -0.2) is 0 Å². The van der Waals surface area contributed by atoms with E-state index in [1.807, 2.05) is 103 Å². The summed E-state index contributed by atoms with van der Waals surface area (Å²) >= 11 is 0. The van der Waals surface area contributed by atoms with Crippen LogP contribution in [-0.4, -0.2) is 13.2 Å². The Balaban J connectivity index is 1.08. The summed E-state index contributed by atoms with van der Waals surface area (Å²) in [6.07, 6.45) is 32.4. The summed E-state index contributed by atoms with van der Waals surface area (Å²) in [5.74, 6) is 1.54. The molecule has 0 aliphatic rings. The van der Waals surface area contributed by atoms with Crippen LogP contribution in [-0.2, 0) is 0 Å². The summed E-state index contributed by atoms with van der Waals surface area (Å²) in [5, 5.41) is 92.5. The molecule has 0 aliphatic carbocycles. The molecule has 0 saturated carbocycles. The van der Waals surface area contributed by atoms with Crippen molar-refractivity contribution in [2.75, 3.05) is 13.2 Å². The molecular weight excluding hydrogens is 1200 g/mol. The molecule has 10 heteroatoms. The Morgan fingerprint density at radius 3 is 1.06 bits per heavy atom. The first kappa shape index (κ1) is 69.1. The minimum atomic E-state index is -0.0765. The summed E-state index contributed by atoms with van der Waals surface area (Å²) in [5.41, 5.74) is 4.97. The molecule has 98 heavy (non-hydrogen) atoms. The molecule has 482 valence electrons. The molecule has 0 aromatic heterocycles. The van der Waals surface area contributed by atoms with E-state index in [4.69, 9.17) is 9.47 Å². The van der Waals surface area contributed by atoms with Gasteiger partial charge in [0.05, 0.1) is 13.2 Å². The van der Waals surface area contributed by atoms with E-state index in [9.17, 15) is 42.1 Å². The number of rotatable bonds is 29. The van der Waals surface area contributed by atoms with Crippen LogP contribution in [0.4, 0.5) is 0 Å². The SMILES string of the molecule is CCCCCCCCCCCCOc1ccc2cc(/C=C/c3ccc4c(=C(C#N)C#N)c5ccccc5c(=C(C#N)C#N)c4c3)cc(-c3c(OCCCCCCCCCCCC)ccc4cc(/C=C/c5ccc6c(=C(C#N)C#N)c7ccccc7c(=C(C#N)C#N)c6c5)ccc34)c2c1. The van der Waals surface area contributed by atoms with Crippen LogP contribution in [0.1, 0.15) is 165 Å². The Morgan fingerprint density at radius 1 is 0.296 bits per heavy atom. The van der Waals surface area contributed by atoms with Gasteiger partial charge in [0, 0.05) is 26.4 Å². The molecule has 0 bridgehead atoms. The highest BCUT2D eigenvalue weighted by Gasteiger charge is 2.19. The predicted molar refractivity (Wildman–Crippen MR) is 399 cm³/mol. The van der Waals surface area contributed by atoms with Gasteiger partial charge in [-0.2, -0.15) is 42.1 Å². The molecule has 10 rings (SSSR count). The van der Waals surface area contributed by atoms with Crippen LogP contribution < -0.4 is 30.3 Å². The lowest BCUT2D eigenvalue weighted by Crippen LogP contribution is -2.18. The monoisotopic (exact) mass is 1280 g/mol. The van der Waals surface area contributed by atoms with Gasteiger partial charge in [0.15, 0.2) is 0 Å². The van der Waals surface area contributed by atoms with Crippen molar-refractivity contribution >= 4 is 111 Å². The smallest absolute Gasteiger partial charge is 0.138 e. The van der Waals surface area contributed by atoms with E-state index >= 15 is 0 Å². The van der Waals surface area contributed by atoms with Crippen molar-refractivity contribution in [2.45, 2.75) is 142 Å². The Labute approximate surface area is 575 Å². The van der Waals surface area contributed by atoms with Crippen LogP contribution in [0.5, 0.6) is 11.5 Å². The van der Waals surface area contributed by atoms with E-state index in [1.54, 1.807) is 0 Å². The molecule has 0 spiro atoms. The predicted octanol–water partition coefficient (Wildman–Crippen LogP) is 20.0. The number of nitrogens with zero attached hydrogens (tertiary/aromatic N) is 8. The lowest BCUT2D eigenvalue weighted by Gasteiger charge is -2.18. The Hall–Kier alpha value is -11.8. The number of hydrogen-bond acceptors (Lipinski definition) is 10. The maximum absolute atomic E-state index is 10.4. The van der Waals surface area contributed by atoms with Crippen LogP contribution in [0.15, 0.2) is 146 Å². The van der Waals surface area contributed by atoms with Gasteiger partial charge in [0.1, 0.15) is 82.3 Å². The van der Waals surface area contributed by atoms with Gasteiger partial charge in [0.2, 0.25) is 0 Å². The van der Waals surface area contributed by atoms with Crippen LogP contribution in [0, 0.1) is 90.6 Å². The normalized spacial score (nSPS) is 11.1. The fraction of sp³-hybridized carbons (Fsp3) is 0.273. The molecule has 10 aromatic rings. The Bertz CT molecular complexity index is 5320. The van der Waals surface area contributed by atoms with Crippen LogP contribution in [0.3, 0.4) is 0 Å². The third-order valence-corrected chi connectivity index (χ3v) is 18.7. The molecule has 0 atom stereocenters. The molecular formula is C88H78N8O2. The van der Waals surface area contributed by atoms with E-state index in [1.165, 1.54) is 96.3 Å².